The lowest BCUT2D eigenvalue weighted by Gasteiger charge is -2.29. The number of piperidine rings is 1. The average Bonchev–Trinajstić information content (AvgIpc) is 2.38. The Kier molecular flexibility index (Phi) is 5.00. The highest BCUT2D eigenvalue weighted by Gasteiger charge is 2.25. The van der Waals surface area contributed by atoms with Gasteiger partial charge in [-0.1, -0.05) is 41.1 Å². The first-order valence-corrected chi connectivity index (χ1v) is 8.70. The van der Waals surface area contributed by atoms with Crippen molar-refractivity contribution in [2.75, 3.05) is 13.1 Å². The molecule has 0 aromatic heterocycles. The van der Waals surface area contributed by atoms with E-state index < -0.39 is 10.2 Å². The van der Waals surface area contributed by atoms with Crippen molar-refractivity contribution >= 4 is 26.1 Å². The maximum absolute atomic E-state index is 12.2. The summed E-state index contributed by atoms with van der Waals surface area (Å²) in [5, 5.41) is 0. The van der Waals surface area contributed by atoms with Crippen LogP contribution in [-0.2, 0) is 16.8 Å². The molecular formula is C13H19BrN2O2S. The van der Waals surface area contributed by atoms with Gasteiger partial charge in [0.25, 0.3) is 10.2 Å². The van der Waals surface area contributed by atoms with Crippen LogP contribution in [0.25, 0.3) is 0 Å². The van der Waals surface area contributed by atoms with Gasteiger partial charge >= 0.3 is 0 Å². The Balaban J connectivity index is 1.96. The standard InChI is InChI=1S/C13H19BrN2O2S/c1-11-6-8-16(9-7-11)19(17,18)15-10-12-4-2-3-5-13(12)14/h2-5,11,15H,6-10H2,1H3. The van der Waals surface area contributed by atoms with Crippen LogP contribution in [-0.4, -0.2) is 25.8 Å². The monoisotopic (exact) mass is 346 g/mol. The molecule has 2 rings (SSSR count). The molecule has 1 N–H and O–H groups in total. The van der Waals surface area contributed by atoms with Gasteiger partial charge in [-0.25, -0.2) is 0 Å². The Labute approximate surface area is 123 Å². The topological polar surface area (TPSA) is 49.4 Å². The van der Waals surface area contributed by atoms with Crippen LogP contribution >= 0.6 is 15.9 Å². The molecule has 1 aromatic carbocycles. The number of rotatable bonds is 4. The van der Waals surface area contributed by atoms with Crippen molar-refractivity contribution in [3.63, 3.8) is 0 Å². The SMILES string of the molecule is CC1CCN(S(=O)(=O)NCc2ccccc2Br)CC1. The molecule has 106 valence electrons. The van der Waals surface area contributed by atoms with E-state index in [2.05, 4.69) is 27.6 Å². The average molecular weight is 347 g/mol. The van der Waals surface area contributed by atoms with Crippen LogP contribution in [0.2, 0.25) is 0 Å². The number of nitrogens with one attached hydrogen (secondary N) is 1. The van der Waals surface area contributed by atoms with Crippen molar-refractivity contribution in [1.82, 2.24) is 9.03 Å². The molecule has 4 nitrogen and oxygen atoms in total. The molecule has 0 unspecified atom stereocenters. The third kappa shape index (κ3) is 4.02. The summed E-state index contributed by atoms with van der Waals surface area (Å²) < 4.78 is 29.5. The Morgan fingerprint density at radius 2 is 1.95 bits per heavy atom. The predicted octanol–water partition coefficient (Wildman–Crippen LogP) is 2.52. The molecule has 6 heteroatoms. The zero-order valence-electron chi connectivity index (χ0n) is 11.0. The summed E-state index contributed by atoms with van der Waals surface area (Å²) in [7, 11) is -3.36. The summed E-state index contributed by atoms with van der Waals surface area (Å²) in [4.78, 5) is 0. The first-order valence-electron chi connectivity index (χ1n) is 6.47. The summed E-state index contributed by atoms with van der Waals surface area (Å²) in [6.45, 7) is 3.72. The molecule has 0 atom stereocenters. The minimum absolute atomic E-state index is 0.315. The third-order valence-corrected chi connectivity index (χ3v) is 5.81. The largest absolute Gasteiger partial charge is 0.279 e. The fourth-order valence-corrected chi connectivity index (χ4v) is 3.76. The van der Waals surface area contributed by atoms with Gasteiger partial charge in [0.1, 0.15) is 0 Å². The van der Waals surface area contributed by atoms with Gasteiger partial charge < -0.3 is 0 Å². The zero-order chi connectivity index (χ0) is 13.9. The van der Waals surface area contributed by atoms with Crippen LogP contribution < -0.4 is 4.72 Å². The van der Waals surface area contributed by atoms with Crippen LogP contribution in [0.4, 0.5) is 0 Å². The van der Waals surface area contributed by atoms with Gasteiger partial charge in [0.15, 0.2) is 0 Å². The van der Waals surface area contributed by atoms with Crippen LogP contribution in [0.3, 0.4) is 0 Å². The number of benzene rings is 1. The molecule has 1 aliphatic rings. The molecule has 1 saturated heterocycles. The first kappa shape index (κ1) is 15.0. The van der Waals surface area contributed by atoms with E-state index in [-0.39, 0.29) is 0 Å². The van der Waals surface area contributed by atoms with Crippen LogP contribution in [0, 0.1) is 5.92 Å². The van der Waals surface area contributed by atoms with Crippen molar-refractivity contribution in [2.45, 2.75) is 26.3 Å². The molecule has 19 heavy (non-hydrogen) atoms. The Hall–Kier alpha value is -0.430. The van der Waals surface area contributed by atoms with E-state index in [1.165, 1.54) is 0 Å². The van der Waals surface area contributed by atoms with E-state index in [4.69, 9.17) is 0 Å². The predicted molar refractivity (Wildman–Crippen MR) is 79.9 cm³/mol. The minimum Gasteiger partial charge on any atom is -0.198 e. The number of nitrogens with zero attached hydrogens (tertiary/aromatic N) is 1. The maximum Gasteiger partial charge on any atom is 0.279 e. The Morgan fingerprint density at radius 3 is 2.58 bits per heavy atom. The molecule has 0 radical (unpaired) electrons. The molecule has 1 aliphatic heterocycles. The van der Waals surface area contributed by atoms with Gasteiger partial charge in [0.05, 0.1) is 0 Å². The minimum atomic E-state index is -3.36. The van der Waals surface area contributed by atoms with E-state index in [0.29, 0.717) is 25.6 Å². The fourth-order valence-electron chi connectivity index (χ4n) is 2.13. The molecule has 0 spiro atoms. The van der Waals surface area contributed by atoms with E-state index in [1.807, 2.05) is 24.3 Å². The van der Waals surface area contributed by atoms with Gasteiger partial charge in [0, 0.05) is 24.1 Å². The normalized spacial score (nSPS) is 18.6. The van der Waals surface area contributed by atoms with Gasteiger partial charge in [-0.2, -0.15) is 17.4 Å². The fraction of sp³-hybridized carbons (Fsp3) is 0.538. The van der Waals surface area contributed by atoms with E-state index in [0.717, 1.165) is 22.9 Å². The van der Waals surface area contributed by atoms with E-state index in [9.17, 15) is 8.42 Å². The number of hydrogen-bond acceptors (Lipinski definition) is 2. The molecule has 0 saturated carbocycles. The van der Waals surface area contributed by atoms with Crippen molar-refractivity contribution < 1.29 is 8.42 Å². The van der Waals surface area contributed by atoms with Gasteiger partial charge in [-0.15, -0.1) is 0 Å². The van der Waals surface area contributed by atoms with Crippen molar-refractivity contribution in [1.29, 1.82) is 0 Å². The van der Waals surface area contributed by atoms with Crippen LogP contribution in [0.1, 0.15) is 25.3 Å². The molecule has 0 aliphatic carbocycles. The van der Waals surface area contributed by atoms with E-state index in [1.54, 1.807) is 4.31 Å². The van der Waals surface area contributed by atoms with Gasteiger partial charge in [0.2, 0.25) is 0 Å². The lowest BCUT2D eigenvalue weighted by atomic mass is 10.0. The lowest BCUT2D eigenvalue weighted by Crippen LogP contribution is -2.44. The summed E-state index contributed by atoms with van der Waals surface area (Å²) >= 11 is 3.42. The molecule has 0 amide bonds. The van der Waals surface area contributed by atoms with E-state index >= 15 is 0 Å². The van der Waals surface area contributed by atoms with Crippen LogP contribution in [0.5, 0.6) is 0 Å². The van der Waals surface area contributed by atoms with Crippen molar-refractivity contribution in [2.24, 2.45) is 5.92 Å². The first-order chi connectivity index (χ1) is 8.99. The number of hydrogen-bond donors (Lipinski definition) is 1. The molecule has 1 aromatic rings. The zero-order valence-corrected chi connectivity index (χ0v) is 13.4. The van der Waals surface area contributed by atoms with Crippen molar-refractivity contribution in [3.8, 4) is 0 Å². The number of halogens is 1. The van der Waals surface area contributed by atoms with Crippen LogP contribution in [0.15, 0.2) is 28.7 Å². The summed E-state index contributed by atoms with van der Waals surface area (Å²) in [5.74, 6) is 0.620. The summed E-state index contributed by atoms with van der Waals surface area (Å²) in [5.41, 5.74) is 0.941. The van der Waals surface area contributed by atoms with Crippen molar-refractivity contribution in [3.05, 3.63) is 34.3 Å². The second-order valence-electron chi connectivity index (χ2n) is 5.00. The highest BCUT2D eigenvalue weighted by molar-refractivity contribution is 9.10. The molecular weight excluding hydrogens is 328 g/mol. The summed E-state index contributed by atoms with van der Waals surface area (Å²) in [6.07, 6.45) is 1.88. The quantitative estimate of drug-likeness (QED) is 0.910. The smallest absolute Gasteiger partial charge is 0.198 e. The molecule has 0 bridgehead atoms. The van der Waals surface area contributed by atoms with Gasteiger partial charge in [-0.3, -0.25) is 0 Å². The Morgan fingerprint density at radius 1 is 1.32 bits per heavy atom. The van der Waals surface area contributed by atoms with Gasteiger partial charge in [-0.05, 0) is 30.4 Å². The highest BCUT2D eigenvalue weighted by atomic mass is 79.9. The highest BCUT2D eigenvalue weighted by Crippen LogP contribution is 2.19. The second kappa shape index (κ2) is 6.35. The maximum atomic E-state index is 12.2. The lowest BCUT2D eigenvalue weighted by molar-refractivity contribution is 0.285. The second-order valence-corrected chi connectivity index (χ2v) is 7.61. The Bertz CT molecular complexity index is 525. The molecule has 1 fully saturated rings. The molecule has 1 heterocycles. The third-order valence-electron chi connectivity index (χ3n) is 3.49. The summed E-state index contributed by atoms with van der Waals surface area (Å²) in [6, 6.07) is 7.63.